The van der Waals surface area contributed by atoms with E-state index in [1.165, 1.54) is 36.9 Å². The summed E-state index contributed by atoms with van der Waals surface area (Å²) < 4.78 is 0. The third-order valence-electron chi connectivity index (χ3n) is 4.06. The average molecular weight is 203 g/mol. The molecule has 1 N–H and O–H groups in total. The Bertz CT molecular complexity index is 388. The minimum atomic E-state index is 0.420. The van der Waals surface area contributed by atoms with Gasteiger partial charge in [-0.25, -0.2) is 0 Å². The van der Waals surface area contributed by atoms with Crippen molar-refractivity contribution in [2.24, 2.45) is 0 Å². The Morgan fingerprint density at radius 1 is 1.33 bits per heavy atom. The van der Waals surface area contributed by atoms with Crippen LogP contribution in [0.3, 0.4) is 0 Å². The number of rotatable bonds is 0. The lowest BCUT2D eigenvalue weighted by molar-refractivity contribution is 0.274. The van der Waals surface area contributed by atoms with Gasteiger partial charge in [-0.3, -0.25) is 0 Å². The molecule has 0 spiro atoms. The van der Waals surface area contributed by atoms with Crippen LogP contribution in [0.1, 0.15) is 29.9 Å². The molecule has 2 heteroatoms. The number of likely N-dealkylation sites (tertiary alicyclic amines) is 1. The van der Waals surface area contributed by atoms with Crippen LogP contribution in [0.25, 0.3) is 0 Å². The van der Waals surface area contributed by atoms with Gasteiger partial charge >= 0.3 is 0 Å². The van der Waals surface area contributed by atoms with Gasteiger partial charge in [0.2, 0.25) is 0 Å². The molecule has 0 aromatic heterocycles. The second-order valence-corrected chi connectivity index (χ2v) is 4.86. The van der Waals surface area contributed by atoms with E-state index in [-0.39, 0.29) is 0 Å². The summed E-state index contributed by atoms with van der Waals surface area (Å²) in [5.74, 6) is 1.08. The number of hydrogen-bond acceptors (Lipinski definition) is 2. The van der Waals surface area contributed by atoms with Gasteiger partial charge in [0.25, 0.3) is 0 Å². The summed E-state index contributed by atoms with van der Waals surface area (Å²) in [7, 11) is 2.22. The molecule has 3 rings (SSSR count). The predicted molar refractivity (Wildman–Crippen MR) is 60.2 cm³/mol. The van der Waals surface area contributed by atoms with Crippen molar-refractivity contribution in [2.45, 2.75) is 31.2 Å². The van der Waals surface area contributed by atoms with Crippen molar-refractivity contribution in [3.63, 3.8) is 0 Å². The molecule has 1 fully saturated rings. The Morgan fingerprint density at radius 2 is 2.20 bits per heavy atom. The van der Waals surface area contributed by atoms with E-state index in [1.807, 2.05) is 12.1 Å². The lowest BCUT2D eigenvalue weighted by Gasteiger charge is -2.31. The van der Waals surface area contributed by atoms with Gasteiger partial charge in [0.15, 0.2) is 0 Å². The number of benzene rings is 1. The molecule has 2 aliphatic rings. The molecule has 0 bridgehead atoms. The van der Waals surface area contributed by atoms with E-state index in [4.69, 9.17) is 0 Å². The number of nitrogens with zero attached hydrogens (tertiary/aromatic N) is 1. The van der Waals surface area contributed by atoms with Crippen LogP contribution < -0.4 is 0 Å². The Balaban J connectivity index is 2.04. The number of phenolic OH excluding ortho intramolecular Hbond substituents is 1. The van der Waals surface area contributed by atoms with Gasteiger partial charge in [0.1, 0.15) is 5.75 Å². The Morgan fingerprint density at radius 3 is 3.07 bits per heavy atom. The fraction of sp³-hybridized carbons (Fsp3) is 0.538. The van der Waals surface area contributed by atoms with Crippen molar-refractivity contribution >= 4 is 0 Å². The van der Waals surface area contributed by atoms with Gasteiger partial charge in [-0.1, -0.05) is 6.07 Å². The average Bonchev–Trinajstić information content (AvgIpc) is 2.61. The van der Waals surface area contributed by atoms with Crippen LogP contribution in [0.15, 0.2) is 18.2 Å². The number of fused-ring (bicyclic) bond motifs is 3. The van der Waals surface area contributed by atoms with Crippen LogP contribution in [0, 0.1) is 0 Å². The molecule has 1 saturated heterocycles. The maximum atomic E-state index is 9.56. The van der Waals surface area contributed by atoms with Crippen LogP contribution in [0.5, 0.6) is 5.75 Å². The maximum Gasteiger partial charge on any atom is 0.115 e. The quantitative estimate of drug-likeness (QED) is 0.698. The third kappa shape index (κ3) is 1.36. The van der Waals surface area contributed by atoms with Crippen molar-refractivity contribution < 1.29 is 5.11 Å². The number of phenols is 1. The van der Waals surface area contributed by atoms with Crippen molar-refractivity contribution in [1.29, 1.82) is 0 Å². The molecule has 0 saturated carbocycles. The van der Waals surface area contributed by atoms with Crippen LogP contribution in [0.4, 0.5) is 0 Å². The van der Waals surface area contributed by atoms with Crippen LogP contribution in [-0.2, 0) is 6.42 Å². The normalized spacial score (nSPS) is 29.9. The molecular weight excluding hydrogens is 186 g/mol. The molecule has 2 unspecified atom stereocenters. The molecule has 1 aromatic rings. The third-order valence-corrected chi connectivity index (χ3v) is 4.06. The first-order valence-electron chi connectivity index (χ1n) is 5.78. The van der Waals surface area contributed by atoms with E-state index in [9.17, 15) is 5.11 Å². The molecule has 1 aliphatic carbocycles. The molecule has 15 heavy (non-hydrogen) atoms. The van der Waals surface area contributed by atoms with Crippen molar-refractivity contribution in [2.75, 3.05) is 13.6 Å². The van der Waals surface area contributed by atoms with E-state index in [1.54, 1.807) is 0 Å². The van der Waals surface area contributed by atoms with Crippen LogP contribution in [-0.4, -0.2) is 29.6 Å². The summed E-state index contributed by atoms with van der Waals surface area (Å²) in [6.45, 7) is 1.20. The first-order chi connectivity index (χ1) is 7.25. The summed E-state index contributed by atoms with van der Waals surface area (Å²) in [5, 5.41) is 9.56. The first kappa shape index (κ1) is 9.22. The van der Waals surface area contributed by atoms with E-state index in [2.05, 4.69) is 18.0 Å². The fourth-order valence-electron chi connectivity index (χ4n) is 3.25. The highest BCUT2D eigenvalue weighted by Gasteiger charge is 2.36. The van der Waals surface area contributed by atoms with E-state index in [0.29, 0.717) is 17.7 Å². The van der Waals surface area contributed by atoms with Gasteiger partial charge in [-0.15, -0.1) is 0 Å². The summed E-state index contributed by atoms with van der Waals surface area (Å²) in [6.07, 6.45) is 3.69. The van der Waals surface area contributed by atoms with Gasteiger partial charge in [0.05, 0.1) is 0 Å². The predicted octanol–water partition coefficient (Wildman–Crippen LogP) is 2.13. The van der Waals surface area contributed by atoms with Gasteiger partial charge < -0.3 is 10.0 Å². The van der Waals surface area contributed by atoms with E-state index in [0.717, 1.165) is 0 Å². The number of aryl methyl sites for hydroxylation is 1. The largest absolute Gasteiger partial charge is 0.508 e. The molecule has 1 heterocycles. The number of likely N-dealkylation sites (N-methyl/N-ethyl adjacent to an activating group) is 1. The number of hydrogen-bond donors (Lipinski definition) is 1. The Kier molecular flexibility index (Phi) is 1.99. The highest BCUT2D eigenvalue weighted by Crippen LogP contribution is 2.41. The summed E-state index contributed by atoms with van der Waals surface area (Å²) >= 11 is 0. The Hall–Kier alpha value is -1.02. The first-order valence-corrected chi connectivity index (χ1v) is 5.78. The fourth-order valence-corrected chi connectivity index (χ4v) is 3.25. The second-order valence-electron chi connectivity index (χ2n) is 4.86. The highest BCUT2D eigenvalue weighted by atomic mass is 16.3. The highest BCUT2D eigenvalue weighted by molar-refractivity contribution is 5.40. The lowest BCUT2D eigenvalue weighted by Crippen LogP contribution is -2.31. The minimum Gasteiger partial charge on any atom is -0.508 e. The van der Waals surface area contributed by atoms with Crippen LogP contribution in [0.2, 0.25) is 0 Å². The van der Waals surface area contributed by atoms with Crippen molar-refractivity contribution in [3.8, 4) is 5.75 Å². The van der Waals surface area contributed by atoms with Gasteiger partial charge in [-0.05, 0) is 56.1 Å². The molecule has 2 atom stereocenters. The smallest absolute Gasteiger partial charge is 0.115 e. The van der Waals surface area contributed by atoms with Crippen molar-refractivity contribution in [3.05, 3.63) is 29.3 Å². The molecule has 2 nitrogen and oxygen atoms in total. The zero-order chi connectivity index (χ0) is 10.4. The van der Waals surface area contributed by atoms with E-state index >= 15 is 0 Å². The Labute approximate surface area is 90.5 Å². The topological polar surface area (TPSA) is 23.5 Å². The molecule has 1 aliphatic heterocycles. The summed E-state index contributed by atoms with van der Waals surface area (Å²) in [6, 6.07) is 6.60. The molecule has 0 amide bonds. The molecule has 0 radical (unpaired) electrons. The standard InChI is InChI=1S/C13H17NO/c1-14-7-6-11-12-8-10(15)4-2-9(12)3-5-13(11)14/h2,4,8,11,13,15H,3,5-7H2,1H3. The van der Waals surface area contributed by atoms with E-state index < -0.39 is 0 Å². The summed E-state index contributed by atoms with van der Waals surface area (Å²) in [5.41, 5.74) is 2.85. The lowest BCUT2D eigenvalue weighted by atomic mass is 9.79. The van der Waals surface area contributed by atoms with Crippen LogP contribution >= 0.6 is 0 Å². The molecule has 80 valence electrons. The zero-order valence-electron chi connectivity index (χ0n) is 9.11. The molecular formula is C13H17NO. The zero-order valence-corrected chi connectivity index (χ0v) is 9.11. The van der Waals surface area contributed by atoms with Gasteiger partial charge in [0, 0.05) is 12.0 Å². The maximum absolute atomic E-state index is 9.56. The second kappa shape index (κ2) is 3.24. The minimum absolute atomic E-state index is 0.420. The SMILES string of the molecule is CN1CCC2c3cc(O)ccc3CCC21. The van der Waals surface area contributed by atoms with Gasteiger partial charge in [-0.2, -0.15) is 0 Å². The number of aromatic hydroxyl groups is 1. The molecule has 1 aromatic carbocycles. The summed E-state index contributed by atoms with van der Waals surface area (Å²) in [4.78, 5) is 2.47. The monoisotopic (exact) mass is 203 g/mol. The van der Waals surface area contributed by atoms with Crippen molar-refractivity contribution in [1.82, 2.24) is 4.90 Å².